The van der Waals surface area contributed by atoms with Crippen molar-refractivity contribution in [1.29, 1.82) is 0 Å². The molecule has 0 aliphatic rings. The minimum Gasteiger partial charge on any atom is -0.292 e. The van der Waals surface area contributed by atoms with Gasteiger partial charge in [0.05, 0.1) is 0 Å². The molecule has 0 spiro atoms. The van der Waals surface area contributed by atoms with Crippen molar-refractivity contribution >= 4 is 41.1 Å². The van der Waals surface area contributed by atoms with Crippen LogP contribution in [-0.2, 0) is 0 Å². The van der Waals surface area contributed by atoms with Crippen molar-refractivity contribution in [3.63, 3.8) is 0 Å². The molecule has 0 saturated heterocycles. The average molecular weight is 299 g/mol. The molecular weight excluding hydrogens is 291 g/mol. The lowest BCUT2D eigenvalue weighted by molar-refractivity contribution is 0.0984. The summed E-state index contributed by atoms with van der Waals surface area (Å²) in [5.74, 6) is -0.268. The van der Waals surface area contributed by atoms with E-state index in [0.29, 0.717) is 5.56 Å². The Morgan fingerprint density at radius 3 is 2.33 bits per heavy atom. The Hall–Kier alpha value is -1.23. The van der Waals surface area contributed by atoms with Crippen molar-refractivity contribution in [1.82, 2.24) is 9.71 Å². The summed E-state index contributed by atoms with van der Waals surface area (Å²) in [6, 6.07) is 12.4. The van der Waals surface area contributed by atoms with Gasteiger partial charge >= 0.3 is 0 Å². The third-order valence-corrected chi connectivity index (χ3v) is 3.21. The summed E-state index contributed by atoms with van der Waals surface area (Å²) in [5.41, 5.74) is 0.378. The Kier molecular flexibility index (Phi) is 4.47. The molecule has 0 aliphatic heterocycles. The van der Waals surface area contributed by atoms with Crippen LogP contribution in [0.1, 0.15) is 10.4 Å². The second-order valence-electron chi connectivity index (χ2n) is 3.35. The summed E-state index contributed by atoms with van der Waals surface area (Å²) in [4.78, 5) is 16.6. The first-order valence-corrected chi connectivity index (χ1v) is 6.58. The molecule has 0 aliphatic carbocycles. The molecule has 3 nitrogen and oxygen atoms in total. The Labute approximate surface area is 119 Å². The molecule has 1 aromatic heterocycles. The van der Waals surface area contributed by atoms with Crippen LogP contribution in [0.3, 0.4) is 0 Å². The minimum absolute atomic E-state index is 0.192. The standard InChI is InChI=1S/C12H8Cl2N2OS/c13-10-6-8(7-11(14)15-10)12(17)16-18-9-4-2-1-3-5-9/h1-7H,(H,16,17). The summed E-state index contributed by atoms with van der Waals surface area (Å²) in [6.45, 7) is 0. The van der Waals surface area contributed by atoms with E-state index in [2.05, 4.69) is 9.71 Å². The molecular formula is C12H8Cl2N2OS. The molecule has 1 N–H and O–H groups in total. The van der Waals surface area contributed by atoms with E-state index >= 15 is 0 Å². The second-order valence-corrected chi connectivity index (χ2v) is 5.00. The van der Waals surface area contributed by atoms with Gasteiger partial charge in [0.25, 0.3) is 5.91 Å². The zero-order chi connectivity index (χ0) is 13.0. The molecule has 0 unspecified atom stereocenters. The van der Waals surface area contributed by atoms with Crippen LogP contribution in [0.25, 0.3) is 0 Å². The molecule has 1 amide bonds. The highest BCUT2D eigenvalue weighted by Crippen LogP contribution is 2.17. The molecule has 2 aromatic rings. The normalized spacial score (nSPS) is 10.1. The Morgan fingerprint density at radius 2 is 1.72 bits per heavy atom. The van der Waals surface area contributed by atoms with Crippen LogP contribution in [0.4, 0.5) is 0 Å². The molecule has 1 aromatic carbocycles. The number of carbonyl (C=O) groups is 1. The highest BCUT2D eigenvalue weighted by molar-refractivity contribution is 7.98. The third kappa shape index (κ3) is 3.63. The average Bonchev–Trinajstić information content (AvgIpc) is 2.36. The van der Waals surface area contributed by atoms with Gasteiger partial charge in [0.2, 0.25) is 0 Å². The van der Waals surface area contributed by atoms with Crippen molar-refractivity contribution in [2.24, 2.45) is 0 Å². The van der Waals surface area contributed by atoms with Gasteiger partial charge in [0.15, 0.2) is 0 Å². The first kappa shape index (κ1) is 13.2. The number of aromatic nitrogens is 1. The molecule has 0 atom stereocenters. The Morgan fingerprint density at radius 1 is 1.11 bits per heavy atom. The Bertz CT molecular complexity index is 543. The fourth-order valence-corrected chi connectivity index (χ4v) is 2.33. The first-order valence-electron chi connectivity index (χ1n) is 5.00. The van der Waals surface area contributed by atoms with Crippen LogP contribution in [0.5, 0.6) is 0 Å². The highest BCUT2D eigenvalue weighted by atomic mass is 35.5. The molecule has 92 valence electrons. The Balaban J connectivity index is 2.04. The monoisotopic (exact) mass is 298 g/mol. The van der Waals surface area contributed by atoms with E-state index in [1.54, 1.807) is 0 Å². The number of hydrogen-bond donors (Lipinski definition) is 1. The molecule has 0 bridgehead atoms. The van der Waals surface area contributed by atoms with E-state index < -0.39 is 0 Å². The van der Waals surface area contributed by atoms with E-state index in [4.69, 9.17) is 23.2 Å². The summed E-state index contributed by atoms with van der Waals surface area (Å²) in [5, 5.41) is 0.384. The van der Waals surface area contributed by atoms with Gasteiger partial charge in [-0.05, 0) is 36.2 Å². The van der Waals surface area contributed by atoms with E-state index in [0.717, 1.165) is 4.90 Å². The zero-order valence-electron chi connectivity index (χ0n) is 9.06. The van der Waals surface area contributed by atoms with E-state index in [1.807, 2.05) is 30.3 Å². The van der Waals surface area contributed by atoms with Gasteiger partial charge in [0, 0.05) is 10.5 Å². The van der Waals surface area contributed by atoms with Crippen LogP contribution in [-0.4, -0.2) is 10.9 Å². The first-order chi connectivity index (χ1) is 8.65. The number of halogens is 2. The van der Waals surface area contributed by atoms with Crippen molar-refractivity contribution in [3.8, 4) is 0 Å². The highest BCUT2D eigenvalue weighted by Gasteiger charge is 2.08. The number of amides is 1. The quantitative estimate of drug-likeness (QED) is 0.692. The third-order valence-electron chi connectivity index (χ3n) is 2.03. The zero-order valence-corrected chi connectivity index (χ0v) is 11.4. The largest absolute Gasteiger partial charge is 0.292 e. The molecule has 0 fully saturated rings. The van der Waals surface area contributed by atoms with Gasteiger partial charge in [-0.2, -0.15) is 0 Å². The predicted molar refractivity (Wildman–Crippen MR) is 74.0 cm³/mol. The van der Waals surface area contributed by atoms with Gasteiger partial charge < -0.3 is 0 Å². The summed E-state index contributed by atoms with van der Waals surface area (Å²) >= 11 is 12.7. The summed E-state index contributed by atoms with van der Waals surface area (Å²) in [7, 11) is 0. The van der Waals surface area contributed by atoms with Crippen LogP contribution >= 0.6 is 35.1 Å². The number of pyridine rings is 1. The van der Waals surface area contributed by atoms with Crippen LogP contribution in [0, 0.1) is 0 Å². The van der Waals surface area contributed by atoms with Gasteiger partial charge in [-0.25, -0.2) is 4.98 Å². The van der Waals surface area contributed by atoms with Gasteiger partial charge in [-0.3, -0.25) is 9.52 Å². The van der Waals surface area contributed by atoms with Crippen LogP contribution < -0.4 is 4.72 Å². The molecule has 0 radical (unpaired) electrons. The van der Waals surface area contributed by atoms with E-state index in [-0.39, 0.29) is 16.2 Å². The number of hydrogen-bond acceptors (Lipinski definition) is 3. The summed E-state index contributed by atoms with van der Waals surface area (Å²) in [6.07, 6.45) is 0. The fraction of sp³-hybridized carbons (Fsp3) is 0. The van der Waals surface area contributed by atoms with Crippen molar-refractivity contribution in [2.75, 3.05) is 0 Å². The molecule has 2 rings (SSSR count). The van der Waals surface area contributed by atoms with Crippen LogP contribution in [0.15, 0.2) is 47.4 Å². The number of rotatable bonds is 3. The van der Waals surface area contributed by atoms with Gasteiger partial charge in [0.1, 0.15) is 10.3 Å². The summed E-state index contributed by atoms with van der Waals surface area (Å²) < 4.78 is 2.70. The van der Waals surface area contributed by atoms with Gasteiger partial charge in [-0.15, -0.1) is 0 Å². The van der Waals surface area contributed by atoms with Crippen molar-refractivity contribution in [2.45, 2.75) is 4.90 Å². The fourth-order valence-electron chi connectivity index (χ4n) is 1.25. The maximum absolute atomic E-state index is 11.8. The lowest BCUT2D eigenvalue weighted by Crippen LogP contribution is -2.15. The number of nitrogens with zero attached hydrogens (tertiary/aromatic N) is 1. The number of benzene rings is 1. The topological polar surface area (TPSA) is 42.0 Å². The lowest BCUT2D eigenvalue weighted by Gasteiger charge is -2.04. The van der Waals surface area contributed by atoms with Crippen LogP contribution in [0.2, 0.25) is 10.3 Å². The number of carbonyl (C=O) groups excluding carboxylic acids is 1. The second kappa shape index (κ2) is 6.09. The number of nitrogens with one attached hydrogen (secondary N) is 1. The van der Waals surface area contributed by atoms with Crippen molar-refractivity contribution < 1.29 is 4.79 Å². The minimum atomic E-state index is -0.268. The smallest absolute Gasteiger partial charge is 0.261 e. The molecule has 1 heterocycles. The maximum atomic E-state index is 11.8. The predicted octanol–water partition coefficient (Wildman–Crippen LogP) is 3.83. The molecule has 18 heavy (non-hydrogen) atoms. The lowest BCUT2D eigenvalue weighted by atomic mass is 10.3. The van der Waals surface area contributed by atoms with E-state index in [9.17, 15) is 4.79 Å². The molecule has 0 saturated carbocycles. The van der Waals surface area contributed by atoms with Gasteiger partial charge in [-0.1, -0.05) is 41.4 Å². The van der Waals surface area contributed by atoms with Crippen molar-refractivity contribution in [3.05, 3.63) is 58.3 Å². The van der Waals surface area contributed by atoms with E-state index in [1.165, 1.54) is 24.1 Å². The maximum Gasteiger partial charge on any atom is 0.261 e. The molecule has 6 heteroatoms. The SMILES string of the molecule is O=C(NSc1ccccc1)c1cc(Cl)nc(Cl)c1.